The molecule has 1 N–H and O–H groups in total. The van der Waals surface area contributed by atoms with Crippen LogP contribution in [0.1, 0.15) is 34.3 Å². The van der Waals surface area contributed by atoms with E-state index in [0.29, 0.717) is 11.3 Å². The van der Waals surface area contributed by atoms with E-state index in [2.05, 4.69) is 11.9 Å². The molecule has 0 aliphatic carbocycles. The van der Waals surface area contributed by atoms with Gasteiger partial charge in [-0.1, -0.05) is 60.7 Å². The van der Waals surface area contributed by atoms with Crippen molar-refractivity contribution >= 4 is 23.5 Å². The second kappa shape index (κ2) is 13.0. The molecule has 0 bridgehead atoms. The van der Waals surface area contributed by atoms with Gasteiger partial charge in [0.25, 0.3) is 5.91 Å². The molecule has 2 unspecified atom stereocenters. The van der Waals surface area contributed by atoms with Crippen molar-refractivity contribution < 1.29 is 40.7 Å². The number of piperazine rings is 1. The molecule has 0 radical (unpaired) electrons. The first-order valence-corrected chi connectivity index (χ1v) is 15.4. The van der Waals surface area contributed by atoms with Gasteiger partial charge in [0.15, 0.2) is 0 Å². The topological polar surface area (TPSA) is 76.2 Å². The van der Waals surface area contributed by atoms with Crippen LogP contribution in [0.15, 0.2) is 103 Å². The third kappa shape index (κ3) is 6.46. The molecular weight excluding hydrogens is 652 g/mol. The van der Waals surface area contributed by atoms with Crippen molar-refractivity contribution in [1.82, 2.24) is 20.0 Å². The molecule has 0 spiro atoms. The van der Waals surface area contributed by atoms with Crippen molar-refractivity contribution in [1.29, 1.82) is 0 Å². The standard InChI is InChI=1S/C35H31F6N5O3/c1-2-15-45-27-21-46(31(47)28(27)29(42-33(45)49)25-13-6-7-14-26(25)35(39,40)41)30(22-9-4-3-5-10-22)32(48)44-18-16-43(17-19-44)24-12-8-11-23(20-24)34(36,37)38/h2-14,20,29-30H,1,15-19,21H2,(H,42,49). The summed E-state index contributed by atoms with van der Waals surface area (Å²) in [6.07, 6.45) is -7.87. The summed E-state index contributed by atoms with van der Waals surface area (Å²) in [5.41, 5.74) is -1.21. The van der Waals surface area contributed by atoms with E-state index in [0.717, 1.165) is 18.2 Å². The summed E-state index contributed by atoms with van der Waals surface area (Å²) >= 11 is 0. The first-order chi connectivity index (χ1) is 23.3. The van der Waals surface area contributed by atoms with E-state index in [1.165, 1.54) is 45.0 Å². The molecule has 4 amide bonds. The molecule has 1 fully saturated rings. The smallest absolute Gasteiger partial charge is 0.368 e. The molecule has 2 atom stereocenters. The lowest BCUT2D eigenvalue weighted by atomic mass is 9.91. The number of alkyl halides is 6. The lowest BCUT2D eigenvalue weighted by Crippen LogP contribution is -2.52. The fraction of sp³-hybridized carbons (Fsp3) is 0.286. The number of anilines is 1. The minimum absolute atomic E-state index is 0.0408. The van der Waals surface area contributed by atoms with Crippen LogP contribution >= 0.6 is 0 Å². The summed E-state index contributed by atoms with van der Waals surface area (Å²) in [4.78, 5) is 47.8. The molecule has 0 saturated carbocycles. The normalized spacial score (nSPS) is 19.2. The molecule has 3 aromatic carbocycles. The van der Waals surface area contributed by atoms with Crippen LogP contribution in [0.3, 0.4) is 0 Å². The number of nitrogens with one attached hydrogen (secondary N) is 1. The number of benzene rings is 3. The van der Waals surface area contributed by atoms with Gasteiger partial charge in [-0.3, -0.25) is 14.5 Å². The van der Waals surface area contributed by atoms with Crippen LogP contribution in [0.25, 0.3) is 0 Å². The zero-order valence-corrected chi connectivity index (χ0v) is 26.0. The average molecular weight is 684 g/mol. The van der Waals surface area contributed by atoms with Crippen LogP contribution in [-0.4, -0.2) is 71.8 Å². The van der Waals surface area contributed by atoms with Crippen molar-refractivity contribution in [3.63, 3.8) is 0 Å². The predicted octanol–water partition coefficient (Wildman–Crippen LogP) is 6.16. The maximum absolute atomic E-state index is 14.4. The molecule has 14 heteroatoms. The summed E-state index contributed by atoms with van der Waals surface area (Å²) in [5.74, 6) is -1.18. The Balaban J connectivity index is 1.32. The SMILES string of the molecule is C=CCN1C(=O)NC(c2ccccc2C(F)(F)F)C2=C1CN(C(C(=O)N1CCN(c3cccc(C(F)(F)F)c3)CC1)c1ccccc1)C2=O. The largest absolute Gasteiger partial charge is 0.416 e. The number of rotatable bonds is 7. The monoisotopic (exact) mass is 683 g/mol. The lowest BCUT2D eigenvalue weighted by molar-refractivity contribution is -0.143. The number of halogens is 6. The fourth-order valence-electron chi connectivity index (χ4n) is 6.61. The Bertz CT molecular complexity index is 1800. The molecule has 3 aliphatic rings. The Labute approximate surface area is 277 Å². The number of urea groups is 1. The van der Waals surface area contributed by atoms with Crippen LogP contribution in [0.5, 0.6) is 0 Å². The van der Waals surface area contributed by atoms with E-state index in [1.54, 1.807) is 41.3 Å². The number of hydrogen-bond acceptors (Lipinski definition) is 4. The van der Waals surface area contributed by atoms with Gasteiger partial charge in [-0.2, -0.15) is 26.3 Å². The first-order valence-electron chi connectivity index (χ1n) is 15.4. The van der Waals surface area contributed by atoms with Gasteiger partial charge < -0.3 is 20.0 Å². The van der Waals surface area contributed by atoms with E-state index in [-0.39, 0.29) is 56.1 Å². The van der Waals surface area contributed by atoms with Crippen molar-refractivity contribution in [3.05, 3.63) is 125 Å². The van der Waals surface area contributed by atoms with Gasteiger partial charge in [-0.05, 0) is 35.4 Å². The van der Waals surface area contributed by atoms with Crippen molar-refractivity contribution in [2.45, 2.75) is 24.4 Å². The molecule has 49 heavy (non-hydrogen) atoms. The summed E-state index contributed by atoms with van der Waals surface area (Å²) in [7, 11) is 0. The Hall–Kier alpha value is -5.27. The highest BCUT2D eigenvalue weighted by molar-refractivity contribution is 6.04. The molecule has 256 valence electrons. The number of amides is 4. The number of nitrogens with zero attached hydrogens (tertiary/aromatic N) is 4. The molecule has 0 aromatic heterocycles. The Morgan fingerprint density at radius 3 is 2.20 bits per heavy atom. The minimum atomic E-state index is -4.78. The maximum atomic E-state index is 14.4. The van der Waals surface area contributed by atoms with E-state index in [1.807, 2.05) is 0 Å². The maximum Gasteiger partial charge on any atom is 0.416 e. The quantitative estimate of drug-likeness (QED) is 0.239. The minimum Gasteiger partial charge on any atom is -0.368 e. The van der Waals surface area contributed by atoms with Gasteiger partial charge in [0.1, 0.15) is 6.04 Å². The fourth-order valence-corrected chi connectivity index (χ4v) is 6.61. The molecule has 8 nitrogen and oxygen atoms in total. The van der Waals surface area contributed by atoms with Crippen molar-refractivity contribution in [2.75, 3.05) is 44.2 Å². The first kappa shape index (κ1) is 33.6. The predicted molar refractivity (Wildman–Crippen MR) is 168 cm³/mol. The van der Waals surface area contributed by atoms with E-state index < -0.39 is 53.4 Å². The van der Waals surface area contributed by atoms with Gasteiger partial charge in [-0.25, -0.2) is 4.79 Å². The van der Waals surface area contributed by atoms with E-state index in [9.17, 15) is 40.7 Å². The van der Waals surface area contributed by atoms with Gasteiger partial charge >= 0.3 is 18.4 Å². The third-order valence-corrected chi connectivity index (χ3v) is 8.93. The van der Waals surface area contributed by atoms with Gasteiger partial charge in [0, 0.05) is 38.4 Å². The van der Waals surface area contributed by atoms with Crippen LogP contribution < -0.4 is 10.2 Å². The average Bonchev–Trinajstić information content (AvgIpc) is 3.42. The summed E-state index contributed by atoms with van der Waals surface area (Å²) in [6, 6.07) is 14.7. The van der Waals surface area contributed by atoms with Crippen LogP contribution in [0.4, 0.5) is 36.8 Å². The second-order valence-electron chi connectivity index (χ2n) is 11.8. The highest BCUT2D eigenvalue weighted by Crippen LogP contribution is 2.43. The lowest BCUT2D eigenvalue weighted by Gasteiger charge is -2.39. The van der Waals surface area contributed by atoms with Crippen molar-refractivity contribution in [2.24, 2.45) is 0 Å². The van der Waals surface area contributed by atoms with Crippen LogP contribution in [0, 0.1) is 0 Å². The number of hydrogen-bond donors (Lipinski definition) is 1. The Morgan fingerprint density at radius 2 is 1.55 bits per heavy atom. The van der Waals surface area contributed by atoms with Gasteiger partial charge in [-0.15, -0.1) is 6.58 Å². The highest BCUT2D eigenvalue weighted by Gasteiger charge is 2.49. The third-order valence-electron chi connectivity index (χ3n) is 8.93. The van der Waals surface area contributed by atoms with Gasteiger partial charge in [0.2, 0.25) is 5.91 Å². The Morgan fingerprint density at radius 1 is 0.878 bits per heavy atom. The summed E-state index contributed by atoms with van der Waals surface area (Å²) in [5, 5.41) is 2.57. The van der Waals surface area contributed by atoms with E-state index in [4.69, 9.17) is 0 Å². The van der Waals surface area contributed by atoms with Gasteiger partial charge in [0.05, 0.1) is 35.0 Å². The molecular formula is C35H31F6N5O3. The molecule has 3 aromatic rings. The number of carbonyl (C=O) groups is 3. The van der Waals surface area contributed by atoms with Crippen LogP contribution in [0.2, 0.25) is 0 Å². The zero-order chi connectivity index (χ0) is 35.1. The summed E-state index contributed by atoms with van der Waals surface area (Å²) < 4.78 is 82.4. The van der Waals surface area contributed by atoms with E-state index >= 15 is 0 Å². The van der Waals surface area contributed by atoms with Crippen molar-refractivity contribution in [3.8, 4) is 0 Å². The molecule has 6 rings (SSSR count). The Kier molecular flexibility index (Phi) is 8.90. The molecule has 3 heterocycles. The summed E-state index contributed by atoms with van der Waals surface area (Å²) in [6.45, 7) is 4.10. The highest BCUT2D eigenvalue weighted by atomic mass is 19.4. The second-order valence-corrected chi connectivity index (χ2v) is 11.8. The number of carbonyl (C=O) groups excluding carboxylic acids is 3. The van der Waals surface area contributed by atoms with Crippen LogP contribution in [-0.2, 0) is 21.9 Å². The molecule has 1 saturated heterocycles. The zero-order valence-electron chi connectivity index (χ0n) is 26.0. The molecule has 3 aliphatic heterocycles.